The second kappa shape index (κ2) is 38.1. The van der Waals surface area contributed by atoms with Crippen molar-refractivity contribution in [3.63, 3.8) is 0 Å². The number of fused-ring (bicyclic) bond motifs is 5. The summed E-state index contributed by atoms with van der Waals surface area (Å²) in [6.45, 7) is 22.4. The van der Waals surface area contributed by atoms with Gasteiger partial charge in [0.15, 0.2) is 43.5 Å². The standard InChI is InChI=1S/C97H116O22/c1-55(52-107-92-82(57(3)56(2)53-108-92)115-89(103)67-36-24-15-25-37-67)42-45-75(98)60(6)78-76(99)51-74-72-44-43-70-50-71(46-48-96(70,10)73(72)47-49-97(74,78)11)111-93-83(119-95-85(117-91(105)69-40-28-17-29-41-69)81(59(5)63(9)110-95)114-88(102)66-34-22-14-23-35-66)61(7)79(77(112-93)54-106-86(100)64-30-18-12-19-31-64)118-94-84(116-90(104)68-38-26-16-27-39-68)80(58(4)62(8)109-94)113-87(101)65-32-20-13-21-33-65/h12-41,55-63,70-74,77-85,92-95H,42-54H2,1-11H3/t55-,56-,57-,58-,59-,60+,61-,62?,63?,70?,71?,72?,73?,74?,77?,78?,79-,80-,81-,82?,83?,84?,85?,92+,93+,94-,95-,96?,97?/m0/s1. The molecule has 0 amide bonds. The van der Waals surface area contributed by atoms with Gasteiger partial charge in [0.05, 0.1) is 71.0 Å². The minimum Gasteiger partial charge on any atom is -0.459 e. The summed E-state index contributed by atoms with van der Waals surface area (Å²) in [5, 5.41) is 0. The molecule has 22 nitrogen and oxygen atoms in total. The predicted molar refractivity (Wildman–Crippen MR) is 437 cm³/mol. The van der Waals surface area contributed by atoms with Gasteiger partial charge in [-0.1, -0.05) is 172 Å². The minimum atomic E-state index is -1.50. The Kier molecular flexibility index (Phi) is 27.7. The molecule has 6 aromatic carbocycles. The molecule has 14 rings (SSSR count). The second-order valence-electron chi connectivity index (χ2n) is 35.5. The second-order valence-corrected chi connectivity index (χ2v) is 35.5. The van der Waals surface area contributed by atoms with E-state index in [0.717, 1.165) is 32.1 Å². The first-order chi connectivity index (χ1) is 57.3. The Labute approximate surface area is 698 Å². The van der Waals surface area contributed by atoms with Crippen molar-refractivity contribution in [1.29, 1.82) is 0 Å². The molecule has 0 N–H and O–H groups in total. The van der Waals surface area contributed by atoms with Crippen molar-refractivity contribution in [3.05, 3.63) is 215 Å². The number of ether oxygens (including phenoxy) is 14. The molecule has 0 spiro atoms. The molecular formula is C97H116O22. The first-order valence-corrected chi connectivity index (χ1v) is 43.0. The SMILES string of the molecule is CC1O[C@@H](OC2[C@H](OC3CCC4(C)C(CCC5C4CCC4(C)C5CC(=O)C4[C@H](C)C(=O)CC[C@H](C)CO[C@@H]4OC[C@H](C)[C@H](C)C4OC(=O)c4ccccc4)C3)OC(COC(=O)c3ccccc3)[C@@H](O[C@@H]3OC(C)[C@H](C)[C@H](OC(=O)c4ccccc4)C3OC(=O)c3ccccc3)[C@@H]2C)C(OC(=O)c2ccccc2)[C@@H](OC(=O)c2ccccc2)[C@H]1C. The van der Waals surface area contributed by atoms with Crippen LogP contribution in [-0.2, 0) is 75.9 Å². The summed E-state index contributed by atoms with van der Waals surface area (Å²) in [6, 6.07) is 51.2. The fourth-order valence-electron chi connectivity index (χ4n) is 20.5. The highest BCUT2D eigenvalue weighted by Gasteiger charge is 2.65. The largest absolute Gasteiger partial charge is 0.459 e. The Hall–Kier alpha value is -8.84. The van der Waals surface area contributed by atoms with Crippen LogP contribution in [-0.4, -0.2) is 160 Å². The summed E-state index contributed by atoms with van der Waals surface area (Å²) in [6.07, 6.45) is -9.51. The molecule has 8 fully saturated rings. The molecule has 4 saturated heterocycles. The first kappa shape index (κ1) is 86.5. The Morgan fingerprint density at radius 1 is 0.437 bits per heavy atom. The van der Waals surface area contributed by atoms with Crippen LogP contribution >= 0.6 is 0 Å². The lowest BCUT2D eigenvalue weighted by Gasteiger charge is -2.61. The first-order valence-electron chi connectivity index (χ1n) is 43.0. The quantitative estimate of drug-likeness (QED) is 0.0263. The third kappa shape index (κ3) is 19.1. The van der Waals surface area contributed by atoms with E-state index in [1.807, 2.05) is 61.5 Å². The van der Waals surface area contributed by atoms with Gasteiger partial charge in [0, 0.05) is 48.3 Å². The average Bonchev–Trinajstić information content (AvgIpc) is 1.60. The molecule has 636 valence electrons. The van der Waals surface area contributed by atoms with Crippen molar-refractivity contribution in [2.24, 2.45) is 81.8 Å². The summed E-state index contributed by atoms with van der Waals surface area (Å²) < 4.78 is 94.0. The molecule has 8 aliphatic rings. The molecule has 0 aromatic heterocycles. The summed E-state index contributed by atoms with van der Waals surface area (Å²) in [5.41, 5.74) is 1.16. The smallest absolute Gasteiger partial charge is 0.338 e. The number of ketones is 2. The maximum Gasteiger partial charge on any atom is 0.338 e. The van der Waals surface area contributed by atoms with E-state index in [-0.39, 0.29) is 85.7 Å². The van der Waals surface area contributed by atoms with E-state index in [4.69, 9.17) is 66.3 Å². The summed E-state index contributed by atoms with van der Waals surface area (Å²) in [4.78, 5) is 115. The highest BCUT2D eigenvalue weighted by Crippen LogP contribution is 2.68. The van der Waals surface area contributed by atoms with Gasteiger partial charge in [-0.2, -0.15) is 0 Å². The van der Waals surface area contributed by atoms with Gasteiger partial charge in [0.2, 0.25) is 0 Å². The zero-order chi connectivity index (χ0) is 84.0. The van der Waals surface area contributed by atoms with Crippen LogP contribution < -0.4 is 0 Å². The number of hydrogen-bond acceptors (Lipinski definition) is 22. The Morgan fingerprint density at radius 2 is 0.866 bits per heavy atom. The van der Waals surface area contributed by atoms with Crippen LogP contribution in [0.3, 0.4) is 0 Å². The molecule has 0 bridgehead atoms. The maximum atomic E-state index is 14.8. The zero-order valence-corrected chi connectivity index (χ0v) is 70.1. The Morgan fingerprint density at radius 3 is 1.34 bits per heavy atom. The van der Waals surface area contributed by atoms with Gasteiger partial charge in [-0.3, -0.25) is 9.59 Å². The van der Waals surface area contributed by atoms with Crippen LogP contribution in [0.15, 0.2) is 182 Å². The Balaban J connectivity index is 0.729. The van der Waals surface area contributed by atoms with E-state index in [1.54, 1.807) is 176 Å². The van der Waals surface area contributed by atoms with Crippen LogP contribution in [0, 0.1) is 81.8 Å². The van der Waals surface area contributed by atoms with E-state index in [2.05, 4.69) is 20.8 Å². The highest BCUT2D eigenvalue weighted by molar-refractivity contribution is 5.94. The lowest BCUT2D eigenvalue weighted by Crippen LogP contribution is -2.64. The van der Waals surface area contributed by atoms with E-state index in [9.17, 15) is 38.4 Å². The van der Waals surface area contributed by atoms with Gasteiger partial charge >= 0.3 is 35.8 Å². The van der Waals surface area contributed by atoms with Crippen LogP contribution in [0.5, 0.6) is 0 Å². The molecular weight excluding hydrogens is 1520 g/mol. The lowest BCUT2D eigenvalue weighted by atomic mass is 9.44. The molecule has 4 aliphatic heterocycles. The fraction of sp³-hybridized carbons (Fsp3) is 0.546. The normalized spacial score (nSPS) is 35.4. The van der Waals surface area contributed by atoms with Crippen molar-refractivity contribution < 1.29 is 105 Å². The van der Waals surface area contributed by atoms with E-state index in [1.165, 1.54) is 0 Å². The maximum absolute atomic E-state index is 14.8. The summed E-state index contributed by atoms with van der Waals surface area (Å²) in [7, 11) is 0. The monoisotopic (exact) mass is 1630 g/mol. The number of carbonyl (C=O) groups excluding carboxylic acids is 8. The van der Waals surface area contributed by atoms with E-state index < -0.39 is 164 Å². The topological polar surface area (TPSA) is 266 Å². The van der Waals surface area contributed by atoms with Gasteiger partial charge in [0.1, 0.15) is 42.6 Å². The van der Waals surface area contributed by atoms with Gasteiger partial charge in [-0.25, -0.2) is 28.8 Å². The van der Waals surface area contributed by atoms with Gasteiger partial charge in [-0.05, 0) is 184 Å². The lowest BCUT2D eigenvalue weighted by molar-refractivity contribution is -0.378. The molecule has 4 heterocycles. The molecule has 29 atom stereocenters. The predicted octanol–water partition coefficient (Wildman–Crippen LogP) is 16.4. The van der Waals surface area contributed by atoms with Crippen molar-refractivity contribution >= 4 is 47.4 Å². The summed E-state index contributed by atoms with van der Waals surface area (Å²) >= 11 is 0. The molecule has 4 saturated carbocycles. The molecule has 15 unspecified atom stereocenters. The molecule has 0 radical (unpaired) electrons. The van der Waals surface area contributed by atoms with Crippen molar-refractivity contribution in [1.82, 2.24) is 0 Å². The molecule has 4 aliphatic carbocycles. The fourth-order valence-corrected chi connectivity index (χ4v) is 20.5. The number of hydrogen-bond donors (Lipinski definition) is 0. The number of esters is 6. The van der Waals surface area contributed by atoms with Gasteiger partial charge < -0.3 is 66.3 Å². The molecule has 22 heteroatoms. The third-order valence-corrected chi connectivity index (χ3v) is 28.1. The number of rotatable bonds is 27. The number of carbonyl (C=O) groups is 8. The van der Waals surface area contributed by atoms with E-state index in [0.29, 0.717) is 56.8 Å². The van der Waals surface area contributed by atoms with Crippen molar-refractivity contribution in [2.45, 2.75) is 233 Å². The van der Waals surface area contributed by atoms with Crippen LogP contribution in [0.25, 0.3) is 0 Å². The number of Topliss-reactive ketones (excluding diaryl/α,β-unsaturated/α-hetero) is 2. The van der Waals surface area contributed by atoms with Crippen LogP contribution in [0.4, 0.5) is 0 Å². The zero-order valence-electron chi connectivity index (χ0n) is 70.1. The van der Waals surface area contributed by atoms with Gasteiger partial charge in [-0.15, -0.1) is 0 Å². The van der Waals surface area contributed by atoms with Crippen LogP contribution in [0.2, 0.25) is 0 Å². The van der Waals surface area contributed by atoms with Crippen molar-refractivity contribution in [3.8, 4) is 0 Å². The molecule has 119 heavy (non-hydrogen) atoms. The molecule has 6 aromatic rings. The van der Waals surface area contributed by atoms with Crippen LogP contribution in [0.1, 0.15) is 203 Å². The van der Waals surface area contributed by atoms with E-state index >= 15 is 0 Å². The van der Waals surface area contributed by atoms with Crippen molar-refractivity contribution in [2.75, 3.05) is 19.8 Å². The summed E-state index contributed by atoms with van der Waals surface area (Å²) in [5.74, 6) is -5.65. The van der Waals surface area contributed by atoms with Gasteiger partial charge in [0.25, 0.3) is 0 Å². The Bertz CT molecular complexity index is 4440. The number of benzene rings is 6. The minimum absolute atomic E-state index is 0.0120. The average molecular weight is 1630 g/mol. The highest BCUT2D eigenvalue weighted by atomic mass is 16.8. The third-order valence-electron chi connectivity index (χ3n) is 28.1.